The SMILES string of the molecule is CN1C2CCC1CC(Oc1cccc3ccccc13)C2. The van der Waals surface area contributed by atoms with Crippen molar-refractivity contribution in [2.75, 3.05) is 7.05 Å². The van der Waals surface area contributed by atoms with Gasteiger partial charge in [0, 0.05) is 17.5 Å². The Labute approximate surface area is 120 Å². The zero-order valence-corrected chi connectivity index (χ0v) is 12.0. The van der Waals surface area contributed by atoms with Crippen LogP contribution in [-0.2, 0) is 0 Å². The summed E-state index contributed by atoms with van der Waals surface area (Å²) in [7, 11) is 2.27. The van der Waals surface area contributed by atoms with Crippen molar-refractivity contribution in [3.8, 4) is 5.75 Å². The van der Waals surface area contributed by atoms with Crippen LogP contribution in [0.1, 0.15) is 25.7 Å². The highest BCUT2D eigenvalue weighted by Crippen LogP contribution is 2.37. The Balaban J connectivity index is 1.59. The molecule has 2 heterocycles. The first-order chi connectivity index (χ1) is 9.81. The Kier molecular flexibility index (Phi) is 2.92. The Morgan fingerprint density at radius 1 is 0.950 bits per heavy atom. The zero-order valence-electron chi connectivity index (χ0n) is 12.0. The van der Waals surface area contributed by atoms with Crippen molar-refractivity contribution >= 4 is 10.8 Å². The topological polar surface area (TPSA) is 12.5 Å². The van der Waals surface area contributed by atoms with Crippen LogP contribution in [0.2, 0.25) is 0 Å². The zero-order chi connectivity index (χ0) is 13.5. The van der Waals surface area contributed by atoms with Gasteiger partial charge in [-0.3, -0.25) is 0 Å². The maximum Gasteiger partial charge on any atom is 0.127 e. The molecule has 2 unspecified atom stereocenters. The fourth-order valence-corrected chi connectivity index (χ4v) is 3.94. The molecule has 0 N–H and O–H groups in total. The molecule has 2 atom stereocenters. The average Bonchev–Trinajstić information content (AvgIpc) is 2.70. The van der Waals surface area contributed by atoms with Crippen molar-refractivity contribution in [1.29, 1.82) is 0 Å². The van der Waals surface area contributed by atoms with Crippen molar-refractivity contribution in [3.63, 3.8) is 0 Å². The van der Waals surface area contributed by atoms with E-state index in [-0.39, 0.29) is 0 Å². The second-order valence-corrected chi connectivity index (χ2v) is 6.24. The van der Waals surface area contributed by atoms with Gasteiger partial charge in [-0.2, -0.15) is 0 Å². The summed E-state index contributed by atoms with van der Waals surface area (Å²) in [6.07, 6.45) is 5.43. The maximum absolute atomic E-state index is 6.37. The first-order valence-corrected chi connectivity index (χ1v) is 7.67. The Hall–Kier alpha value is -1.54. The van der Waals surface area contributed by atoms with Crippen molar-refractivity contribution in [1.82, 2.24) is 4.90 Å². The van der Waals surface area contributed by atoms with E-state index in [0.29, 0.717) is 6.10 Å². The second kappa shape index (κ2) is 4.78. The van der Waals surface area contributed by atoms with Crippen LogP contribution in [0.15, 0.2) is 42.5 Å². The van der Waals surface area contributed by atoms with Gasteiger partial charge < -0.3 is 9.64 Å². The van der Waals surface area contributed by atoms with E-state index in [9.17, 15) is 0 Å². The lowest BCUT2D eigenvalue weighted by Gasteiger charge is -2.36. The van der Waals surface area contributed by atoms with Gasteiger partial charge in [0.05, 0.1) is 0 Å². The average molecular weight is 267 g/mol. The van der Waals surface area contributed by atoms with E-state index in [4.69, 9.17) is 4.74 Å². The lowest BCUT2D eigenvalue weighted by atomic mass is 10.0. The fourth-order valence-electron chi connectivity index (χ4n) is 3.94. The van der Waals surface area contributed by atoms with Crippen molar-refractivity contribution < 1.29 is 4.74 Å². The standard InChI is InChI=1S/C18H21NO/c1-19-14-9-10-15(19)12-16(11-14)20-18-8-4-6-13-5-2-3-7-17(13)18/h2-8,14-16H,9-12H2,1H3. The molecule has 2 saturated heterocycles. The lowest BCUT2D eigenvalue weighted by molar-refractivity contribution is 0.0671. The maximum atomic E-state index is 6.37. The first kappa shape index (κ1) is 12.2. The van der Waals surface area contributed by atoms with Gasteiger partial charge in [-0.25, -0.2) is 0 Å². The quantitative estimate of drug-likeness (QED) is 0.819. The highest BCUT2D eigenvalue weighted by atomic mass is 16.5. The number of ether oxygens (including phenoxy) is 1. The molecule has 2 aliphatic rings. The van der Waals surface area contributed by atoms with Crippen molar-refractivity contribution in [3.05, 3.63) is 42.5 Å². The molecule has 0 amide bonds. The highest BCUT2D eigenvalue weighted by molar-refractivity contribution is 5.88. The molecule has 2 nitrogen and oxygen atoms in total. The van der Waals surface area contributed by atoms with Crippen LogP contribution in [0.25, 0.3) is 10.8 Å². The van der Waals surface area contributed by atoms with E-state index < -0.39 is 0 Å². The van der Waals surface area contributed by atoms with E-state index in [1.54, 1.807) is 0 Å². The van der Waals surface area contributed by atoms with Crippen molar-refractivity contribution in [2.45, 2.75) is 43.9 Å². The molecule has 4 rings (SSSR count). The van der Waals surface area contributed by atoms with Gasteiger partial charge in [-0.05, 0) is 44.2 Å². The third-order valence-corrected chi connectivity index (χ3v) is 5.10. The largest absolute Gasteiger partial charge is 0.490 e. The van der Waals surface area contributed by atoms with Crippen LogP contribution >= 0.6 is 0 Å². The number of rotatable bonds is 2. The molecular formula is C18H21NO. The molecule has 2 bridgehead atoms. The highest BCUT2D eigenvalue weighted by Gasteiger charge is 2.39. The Bertz CT molecular complexity index is 604. The van der Waals surface area contributed by atoms with Gasteiger partial charge in [0.1, 0.15) is 11.9 Å². The van der Waals surface area contributed by atoms with Gasteiger partial charge in [-0.1, -0.05) is 36.4 Å². The number of nitrogens with zero attached hydrogens (tertiary/aromatic N) is 1. The summed E-state index contributed by atoms with van der Waals surface area (Å²) >= 11 is 0. The van der Waals surface area contributed by atoms with Crippen LogP contribution in [0.5, 0.6) is 5.75 Å². The summed E-state index contributed by atoms with van der Waals surface area (Å²) < 4.78 is 6.37. The first-order valence-electron chi connectivity index (χ1n) is 7.67. The Morgan fingerprint density at radius 3 is 2.45 bits per heavy atom. The second-order valence-electron chi connectivity index (χ2n) is 6.24. The number of hydrogen-bond acceptors (Lipinski definition) is 2. The normalized spacial score (nSPS) is 29.8. The molecule has 0 aromatic heterocycles. The molecule has 2 heteroatoms. The smallest absolute Gasteiger partial charge is 0.127 e. The van der Waals surface area contributed by atoms with Gasteiger partial charge in [-0.15, -0.1) is 0 Å². The van der Waals surface area contributed by atoms with E-state index in [1.807, 2.05) is 0 Å². The molecule has 2 aliphatic heterocycles. The van der Waals surface area contributed by atoms with Crippen LogP contribution in [-0.4, -0.2) is 30.1 Å². The minimum Gasteiger partial charge on any atom is -0.490 e. The summed E-state index contributed by atoms with van der Waals surface area (Å²) in [5.41, 5.74) is 0. The number of hydrogen-bond donors (Lipinski definition) is 0. The predicted octanol–water partition coefficient (Wildman–Crippen LogP) is 3.84. The van der Waals surface area contributed by atoms with Crippen LogP contribution in [0.3, 0.4) is 0 Å². The predicted molar refractivity (Wildman–Crippen MR) is 82.2 cm³/mol. The van der Waals surface area contributed by atoms with Gasteiger partial charge in [0.15, 0.2) is 0 Å². The molecule has 104 valence electrons. The third-order valence-electron chi connectivity index (χ3n) is 5.10. The van der Waals surface area contributed by atoms with E-state index in [1.165, 1.54) is 36.5 Å². The summed E-state index contributed by atoms with van der Waals surface area (Å²) in [5.74, 6) is 1.05. The minimum absolute atomic E-state index is 0.384. The van der Waals surface area contributed by atoms with Crippen molar-refractivity contribution in [2.24, 2.45) is 0 Å². The third kappa shape index (κ3) is 1.99. The summed E-state index contributed by atoms with van der Waals surface area (Å²) in [4.78, 5) is 2.56. The molecule has 0 radical (unpaired) electrons. The van der Waals surface area contributed by atoms with Gasteiger partial charge >= 0.3 is 0 Å². The molecule has 0 spiro atoms. The Morgan fingerprint density at radius 2 is 1.65 bits per heavy atom. The molecule has 2 fully saturated rings. The van der Waals surface area contributed by atoms with Gasteiger partial charge in [0.25, 0.3) is 0 Å². The number of benzene rings is 2. The molecule has 20 heavy (non-hydrogen) atoms. The molecule has 0 saturated carbocycles. The summed E-state index contributed by atoms with van der Waals surface area (Å²) in [5, 5.41) is 2.50. The number of fused-ring (bicyclic) bond motifs is 3. The molecule has 2 aromatic rings. The lowest BCUT2D eigenvalue weighted by Crippen LogP contribution is -2.43. The van der Waals surface area contributed by atoms with Crippen LogP contribution in [0.4, 0.5) is 0 Å². The molecular weight excluding hydrogens is 246 g/mol. The monoisotopic (exact) mass is 267 g/mol. The molecule has 2 aromatic carbocycles. The summed E-state index contributed by atoms with van der Waals surface area (Å²) in [6, 6.07) is 16.3. The van der Waals surface area contributed by atoms with Crippen LogP contribution < -0.4 is 4.74 Å². The fraction of sp³-hybridized carbons (Fsp3) is 0.444. The minimum atomic E-state index is 0.384. The van der Waals surface area contributed by atoms with E-state index in [0.717, 1.165) is 17.8 Å². The summed E-state index contributed by atoms with van der Waals surface area (Å²) in [6.45, 7) is 0. The number of piperidine rings is 1. The van der Waals surface area contributed by atoms with E-state index >= 15 is 0 Å². The van der Waals surface area contributed by atoms with Crippen LogP contribution in [0, 0.1) is 0 Å². The van der Waals surface area contributed by atoms with Gasteiger partial charge in [0.2, 0.25) is 0 Å². The molecule has 0 aliphatic carbocycles. The van der Waals surface area contributed by atoms with E-state index in [2.05, 4.69) is 54.4 Å².